The van der Waals surface area contributed by atoms with E-state index in [4.69, 9.17) is 18.9 Å². The van der Waals surface area contributed by atoms with Crippen molar-refractivity contribution in [1.82, 2.24) is 24.0 Å². The topological polar surface area (TPSA) is 196 Å². The van der Waals surface area contributed by atoms with Crippen LogP contribution < -0.4 is 20.3 Å². The Hall–Kier alpha value is -6.42. The van der Waals surface area contributed by atoms with Gasteiger partial charge in [0.05, 0.1) is 58.6 Å². The van der Waals surface area contributed by atoms with Gasteiger partial charge in [-0.05, 0) is 61.8 Å². The van der Waals surface area contributed by atoms with Crippen LogP contribution in [-0.2, 0) is 48.2 Å². The summed E-state index contributed by atoms with van der Waals surface area (Å²) in [4.78, 5) is 61.0. The lowest BCUT2D eigenvalue weighted by atomic mass is 9.89. The van der Waals surface area contributed by atoms with E-state index in [1.807, 2.05) is 42.7 Å². The van der Waals surface area contributed by atoms with E-state index in [2.05, 4.69) is 34.2 Å². The van der Waals surface area contributed by atoms with Crippen LogP contribution in [0.4, 0.5) is 0 Å². The van der Waals surface area contributed by atoms with Crippen molar-refractivity contribution in [2.75, 3.05) is 13.1 Å². The van der Waals surface area contributed by atoms with Crippen molar-refractivity contribution in [2.24, 2.45) is 0 Å². The SMILES string of the molecule is C1CC2CC(C1)O2.CCn1cc(C(=O)N2CC3CC(C2)O3)c(=O)c2cc(OC3Cc4ccccc4C3)ncc21.CCn1cc(C(=O)O)c(=O)c2cc(OC3Cc4ccccc4C3)ncc21.O. The quantitative estimate of drug-likeness (QED) is 0.196. The van der Waals surface area contributed by atoms with Gasteiger partial charge >= 0.3 is 5.97 Å². The first kappa shape index (κ1) is 44.8. The number of nitrogens with zero attached hydrogens (tertiary/aromatic N) is 5. The number of carbonyl (C=O) groups excluding carboxylic acids is 1. The molecule has 6 fully saturated rings. The third kappa shape index (κ3) is 8.94. The zero-order chi connectivity index (χ0) is 44.8. The maximum Gasteiger partial charge on any atom is 0.341 e. The minimum atomic E-state index is -1.23. The van der Waals surface area contributed by atoms with E-state index in [0.29, 0.717) is 72.0 Å². The molecule has 3 aliphatic carbocycles. The van der Waals surface area contributed by atoms with Crippen LogP contribution >= 0.6 is 0 Å². The monoisotopic (exact) mass is 897 g/mol. The Morgan fingerprint density at radius 3 is 1.45 bits per heavy atom. The molecule has 15 heteroatoms. The Bertz CT molecular complexity index is 2850. The molecule has 5 aliphatic heterocycles. The lowest BCUT2D eigenvalue weighted by Gasteiger charge is -2.46. The molecule has 4 atom stereocenters. The van der Waals surface area contributed by atoms with Crippen molar-refractivity contribution in [3.8, 4) is 11.8 Å². The number of aromatic nitrogens is 4. The van der Waals surface area contributed by atoms with Gasteiger partial charge in [0.15, 0.2) is 0 Å². The first-order chi connectivity index (χ1) is 31.6. The van der Waals surface area contributed by atoms with Crippen molar-refractivity contribution in [1.29, 1.82) is 0 Å². The van der Waals surface area contributed by atoms with Crippen molar-refractivity contribution in [2.45, 2.75) is 121 Å². The molecule has 5 saturated heterocycles. The molecule has 8 aliphatic rings. The van der Waals surface area contributed by atoms with Gasteiger partial charge in [0.2, 0.25) is 22.6 Å². The van der Waals surface area contributed by atoms with E-state index in [1.165, 1.54) is 54.1 Å². The number of rotatable bonds is 8. The Kier molecular flexibility index (Phi) is 12.8. The lowest BCUT2D eigenvalue weighted by molar-refractivity contribution is -0.171. The zero-order valence-electron chi connectivity index (χ0n) is 37.2. The van der Waals surface area contributed by atoms with Crippen molar-refractivity contribution >= 4 is 33.7 Å². The van der Waals surface area contributed by atoms with Crippen LogP contribution in [0.1, 0.15) is 88.9 Å². The van der Waals surface area contributed by atoms with Crippen LogP contribution in [0.3, 0.4) is 0 Å². The van der Waals surface area contributed by atoms with Gasteiger partial charge < -0.3 is 43.6 Å². The highest BCUT2D eigenvalue weighted by atomic mass is 16.5. The van der Waals surface area contributed by atoms with Crippen molar-refractivity contribution in [3.05, 3.63) is 139 Å². The minimum absolute atomic E-state index is 0. The maximum atomic E-state index is 13.4. The fourth-order valence-corrected chi connectivity index (χ4v) is 10.2. The number of aromatic carboxylic acids is 1. The normalized spacial score (nSPS) is 21.2. The second kappa shape index (κ2) is 18.8. The number of morpholine rings is 1. The third-order valence-corrected chi connectivity index (χ3v) is 13.6. The number of hydrogen-bond acceptors (Lipinski definition) is 10. The molecule has 6 aromatic rings. The van der Waals surface area contributed by atoms with Gasteiger partial charge in [0.1, 0.15) is 23.3 Å². The third-order valence-electron chi connectivity index (χ3n) is 13.6. The maximum absolute atomic E-state index is 13.4. The predicted molar refractivity (Wildman–Crippen MR) is 247 cm³/mol. The number of ether oxygens (including phenoxy) is 4. The summed E-state index contributed by atoms with van der Waals surface area (Å²) in [6.45, 7) is 6.14. The number of carboxylic acids is 1. The van der Waals surface area contributed by atoms with E-state index >= 15 is 0 Å². The largest absolute Gasteiger partial charge is 0.477 e. The summed E-state index contributed by atoms with van der Waals surface area (Å²) in [5.41, 5.74) is 5.60. The molecule has 0 radical (unpaired) electrons. The first-order valence-corrected chi connectivity index (χ1v) is 23.0. The van der Waals surface area contributed by atoms with Gasteiger partial charge in [-0.15, -0.1) is 0 Å². The minimum Gasteiger partial charge on any atom is -0.477 e. The molecule has 4 unspecified atom stereocenters. The molecule has 9 heterocycles. The molecule has 0 spiro atoms. The molecular formula is C51H55N5O10. The average Bonchev–Trinajstić information content (AvgIpc) is 3.92. The number of fused-ring (bicyclic) bond motifs is 8. The summed E-state index contributed by atoms with van der Waals surface area (Å²) in [6, 6.07) is 19.8. The van der Waals surface area contributed by atoms with E-state index < -0.39 is 11.4 Å². The number of aryl methyl sites for hydroxylation is 2. The Labute approximate surface area is 381 Å². The molecule has 15 nitrogen and oxygen atoms in total. The summed E-state index contributed by atoms with van der Waals surface area (Å²) in [6.07, 6.45) is 17.5. The fourth-order valence-electron chi connectivity index (χ4n) is 10.2. The van der Waals surface area contributed by atoms with Crippen LogP contribution in [0.2, 0.25) is 0 Å². The predicted octanol–water partition coefficient (Wildman–Crippen LogP) is 5.74. The lowest BCUT2D eigenvalue weighted by Crippen LogP contribution is -2.59. The number of carboxylic acid groups (broad SMARTS) is 1. The Morgan fingerprint density at radius 1 is 0.667 bits per heavy atom. The Morgan fingerprint density at radius 2 is 1.08 bits per heavy atom. The van der Waals surface area contributed by atoms with Gasteiger partial charge in [0.25, 0.3) is 5.91 Å². The number of amides is 1. The van der Waals surface area contributed by atoms with Gasteiger partial charge in [-0.2, -0.15) is 0 Å². The number of hydrogen-bond donors (Lipinski definition) is 1. The highest BCUT2D eigenvalue weighted by Gasteiger charge is 2.41. The van der Waals surface area contributed by atoms with Crippen molar-refractivity contribution < 1.29 is 39.1 Å². The van der Waals surface area contributed by atoms with Gasteiger partial charge in [-0.25, -0.2) is 14.8 Å². The molecule has 4 aromatic heterocycles. The first-order valence-electron chi connectivity index (χ1n) is 23.0. The summed E-state index contributed by atoms with van der Waals surface area (Å²) in [5, 5.41) is 10.1. The van der Waals surface area contributed by atoms with Gasteiger partial charge in [-0.3, -0.25) is 14.4 Å². The molecule has 14 rings (SSSR count). The van der Waals surface area contributed by atoms with Crippen LogP contribution in [0, 0.1) is 0 Å². The second-order valence-corrected chi connectivity index (χ2v) is 17.9. The van der Waals surface area contributed by atoms with Crippen LogP contribution in [0.15, 0.2) is 95.0 Å². The van der Waals surface area contributed by atoms with E-state index in [-0.39, 0.29) is 52.4 Å². The highest BCUT2D eigenvalue weighted by molar-refractivity contribution is 5.97. The fraction of sp³-hybridized carbons (Fsp3) is 0.412. The molecule has 4 bridgehead atoms. The van der Waals surface area contributed by atoms with E-state index in [1.54, 1.807) is 40.2 Å². The van der Waals surface area contributed by atoms with Crippen LogP contribution in [0.25, 0.3) is 21.8 Å². The molecular weight excluding hydrogens is 843 g/mol. The van der Waals surface area contributed by atoms with Crippen molar-refractivity contribution in [3.63, 3.8) is 0 Å². The molecule has 1 amide bonds. The van der Waals surface area contributed by atoms with Crippen LogP contribution in [0.5, 0.6) is 11.8 Å². The second-order valence-electron chi connectivity index (χ2n) is 17.9. The number of benzene rings is 2. The number of carbonyl (C=O) groups is 2. The summed E-state index contributed by atoms with van der Waals surface area (Å²) in [7, 11) is 0. The van der Waals surface area contributed by atoms with E-state index in [0.717, 1.165) is 32.1 Å². The van der Waals surface area contributed by atoms with Gasteiger partial charge in [0, 0.05) is 82.8 Å². The summed E-state index contributed by atoms with van der Waals surface area (Å²) >= 11 is 0. The standard InChI is InChI=1S/C25H25N3O4.C20H18N2O4.C6H10O.H2O/c1-2-27-14-21(25(30)28-12-18-9-19(13-28)31-18)24(29)20-10-23(26-11-22(20)27)32-17-7-15-5-3-4-6-16(15)8-17;1-2-22-11-16(20(24)25)19(23)15-9-18(21-10-17(15)22)26-14-7-12-5-3-4-6-13(12)8-14;1-2-5-4-6(3-1)7-5;/h3-6,10-11,14,17-19H,2,7-9,12-13H2,1H3;3-6,9-11,14H,2,7-8H2,1H3,(H,24,25);5-6H,1-4H2;1H2. The smallest absolute Gasteiger partial charge is 0.341 e. The molecule has 2 aromatic carbocycles. The molecule has 1 saturated carbocycles. The molecule has 3 N–H and O–H groups in total. The number of pyridine rings is 4. The van der Waals surface area contributed by atoms with Crippen LogP contribution in [-0.4, -0.2) is 96.2 Å². The summed E-state index contributed by atoms with van der Waals surface area (Å²) in [5.74, 6) is -0.683. The van der Waals surface area contributed by atoms with Gasteiger partial charge in [-0.1, -0.05) is 48.5 Å². The number of piperidine rings is 1. The summed E-state index contributed by atoms with van der Waals surface area (Å²) < 4.78 is 26.8. The zero-order valence-corrected chi connectivity index (χ0v) is 37.2. The average molecular weight is 898 g/mol. The molecule has 344 valence electrons. The highest BCUT2D eigenvalue weighted by Crippen LogP contribution is 2.34. The Balaban J connectivity index is 0.000000144. The van der Waals surface area contributed by atoms with E-state index in [9.17, 15) is 24.3 Å². The molecule has 66 heavy (non-hydrogen) atoms.